The normalized spacial score (nSPS) is 10.4. The Bertz CT molecular complexity index is 674. The fraction of sp³-hybridized carbons (Fsp3) is 0.267. The number of nitro benzene ring substituents is 1. The van der Waals surface area contributed by atoms with Gasteiger partial charge in [0.1, 0.15) is 6.61 Å². The van der Waals surface area contributed by atoms with E-state index in [1.807, 2.05) is 38.3 Å². The number of nitrogens with zero attached hydrogens (tertiary/aromatic N) is 2. The Morgan fingerprint density at radius 2 is 2.05 bits per heavy atom. The minimum Gasteiger partial charge on any atom is -0.472 e. The predicted molar refractivity (Wildman–Crippen MR) is 82.9 cm³/mol. The topological polar surface area (TPSA) is 65.3 Å². The fourth-order valence-corrected chi connectivity index (χ4v) is 2.58. The zero-order valence-corrected chi connectivity index (χ0v) is 12.9. The number of hydrogen-bond donors (Lipinski definition) is 0. The van der Waals surface area contributed by atoms with Gasteiger partial charge in [0, 0.05) is 22.2 Å². The molecule has 2 rings (SSSR count). The van der Waals surface area contributed by atoms with Gasteiger partial charge in [0.15, 0.2) is 0 Å². The molecule has 1 aromatic carbocycles. The molecule has 0 saturated heterocycles. The fourth-order valence-electron chi connectivity index (χ4n) is 1.95. The average molecular weight is 304 g/mol. The highest BCUT2D eigenvalue weighted by molar-refractivity contribution is 7.98. The molecule has 5 nitrogen and oxygen atoms in total. The van der Waals surface area contributed by atoms with Crippen LogP contribution in [-0.2, 0) is 6.61 Å². The summed E-state index contributed by atoms with van der Waals surface area (Å²) in [6.45, 7) is 3.91. The molecule has 0 aliphatic carbocycles. The number of aryl methyl sites for hydroxylation is 2. The van der Waals surface area contributed by atoms with Gasteiger partial charge in [-0.05, 0) is 32.2 Å². The summed E-state index contributed by atoms with van der Waals surface area (Å²) in [7, 11) is 0. The number of thioether (sulfide) groups is 1. The maximum Gasteiger partial charge on any atom is 0.277 e. The van der Waals surface area contributed by atoms with E-state index in [0.29, 0.717) is 11.4 Å². The van der Waals surface area contributed by atoms with E-state index < -0.39 is 0 Å². The third-order valence-corrected chi connectivity index (χ3v) is 3.89. The summed E-state index contributed by atoms with van der Waals surface area (Å²) in [4.78, 5) is 15.9. The molecule has 0 bridgehead atoms. The molecule has 0 amide bonds. The molecular weight excluding hydrogens is 288 g/mol. The summed E-state index contributed by atoms with van der Waals surface area (Å²) in [5.74, 6) is 0.514. The van der Waals surface area contributed by atoms with E-state index in [9.17, 15) is 10.1 Å². The second-order valence-corrected chi connectivity index (χ2v) is 5.43. The summed E-state index contributed by atoms with van der Waals surface area (Å²) in [5, 5.41) is 11.1. The second-order valence-electron chi connectivity index (χ2n) is 4.58. The Morgan fingerprint density at radius 1 is 1.29 bits per heavy atom. The molecule has 1 aromatic heterocycles. The maximum atomic E-state index is 11.1. The number of benzene rings is 1. The van der Waals surface area contributed by atoms with Crippen LogP contribution in [0.2, 0.25) is 0 Å². The second kappa shape index (κ2) is 6.58. The minimum absolute atomic E-state index is 0.0761. The van der Waals surface area contributed by atoms with Gasteiger partial charge in [-0.2, -0.15) is 0 Å². The van der Waals surface area contributed by atoms with E-state index >= 15 is 0 Å². The molecule has 110 valence electrons. The zero-order valence-electron chi connectivity index (χ0n) is 12.1. The molecule has 2 aromatic rings. The lowest BCUT2D eigenvalue weighted by Crippen LogP contribution is -2.04. The van der Waals surface area contributed by atoms with Crippen molar-refractivity contribution in [3.63, 3.8) is 0 Å². The lowest BCUT2D eigenvalue weighted by atomic mass is 10.2. The zero-order chi connectivity index (χ0) is 15.4. The van der Waals surface area contributed by atoms with E-state index in [1.165, 1.54) is 17.8 Å². The van der Waals surface area contributed by atoms with Crippen LogP contribution in [0.5, 0.6) is 5.88 Å². The summed E-state index contributed by atoms with van der Waals surface area (Å²) in [6.07, 6.45) is 1.89. The van der Waals surface area contributed by atoms with Gasteiger partial charge in [0.2, 0.25) is 5.88 Å². The molecule has 0 aliphatic rings. The van der Waals surface area contributed by atoms with Gasteiger partial charge in [-0.3, -0.25) is 10.1 Å². The van der Waals surface area contributed by atoms with Crippen LogP contribution in [0.25, 0.3) is 0 Å². The summed E-state index contributed by atoms with van der Waals surface area (Å²) >= 11 is 1.46. The largest absolute Gasteiger partial charge is 0.472 e. The van der Waals surface area contributed by atoms with Gasteiger partial charge in [-0.25, -0.2) is 4.98 Å². The van der Waals surface area contributed by atoms with Crippen molar-refractivity contribution in [2.75, 3.05) is 6.26 Å². The maximum absolute atomic E-state index is 11.1. The predicted octanol–water partition coefficient (Wildman–Crippen LogP) is 3.91. The lowest BCUT2D eigenvalue weighted by Gasteiger charge is -2.11. The molecular formula is C15H16N2O3S. The smallest absolute Gasteiger partial charge is 0.277 e. The van der Waals surface area contributed by atoms with E-state index in [4.69, 9.17) is 4.74 Å². The van der Waals surface area contributed by atoms with Gasteiger partial charge in [0.25, 0.3) is 5.69 Å². The number of hydrogen-bond acceptors (Lipinski definition) is 5. The highest BCUT2D eigenvalue weighted by atomic mass is 32.2. The first kappa shape index (κ1) is 15.3. The van der Waals surface area contributed by atoms with Crippen molar-refractivity contribution < 1.29 is 9.66 Å². The van der Waals surface area contributed by atoms with E-state index in [-0.39, 0.29) is 17.2 Å². The lowest BCUT2D eigenvalue weighted by molar-refractivity contribution is -0.386. The Morgan fingerprint density at radius 3 is 2.71 bits per heavy atom. The van der Waals surface area contributed by atoms with Gasteiger partial charge in [-0.15, -0.1) is 11.8 Å². The van der Waals surface area contributed by atoms with Crippen LogP contribution in [0.1, 0.15) is 16.8 Å². The number of pyridine rings is 1. The van der Waals surface area contributed by atoms with Crippen molar-refractivity contribution in [3.05, 3.63) is 57.3 Å². The molecule has 0 fully saturated rings. The summed E-state index contributed by atoms with van der Waals surface area (Å²) in [5.41, 5.74) is 2.41. The molecule has 0 aliphatic heterocycles. The summed E-state index contributed by atoms with van der Waals surface area (Å²) < 4.78 is 5.71. The Kier molecular flexibility index (Phi) is 4.80. The van der Waals surface area contributed by atoms with Gasteiger partial charge in [-0.1, -0.05) is 12.1 Å². The Hall–Kier alpha value is -2.08. The number of nitro groups is 1. The van der Waals surface area contributed by atoms with Gasteiger partial charge >= 0.3 is 0 Å². The van der Waals surface area contributed by atoms with Gasteiger partial charge in [0.05, 0.1) is 10.5 Å². The van der Waals surface area contributed by atoms with Crippen LogP contribution in [-0.4, -0.2) is 16.2 Å². The van der Waals surface area contributed by atoms with Crippen molar-refractivity contribution in [3.8, 4) is 5.88 Å². The van der Waals surface area contributed by atoms with Crippen molar-refractivity contribution in [1.29, 1.82) is 0 Å². The van der Waals surface area contributed by atoms with Crippen LogP contribution in [0.3, 0.4) is 0 Å². The molecule has 0 radical (unpaired) electrons. The van der Waals surface area contributed by atoms with Crippen LogP contribution in [0.4, 0.5) is 5.69 Å². The van der Waals surface area contributed by atoms with Crippen LogP contribution in [0, 0.1) is 24.0 Å². The van der Waals surface area contributed by atoms with Crippen LogP contribution in [0.15, 0.2) is 35.2 Å². The molecule has 0 N–H and O–H groups in total. The molecule has 21 heavy (non-hydrogen) atoms. The highest BCUT2D eigenvalue weighted by Crippen LogP contribution is 2.30. The first-order valence-corrected chi connectivity index (χ1v) is 7.62. The van der Waals surface area contributed by atoms with Crippen LogP contribution >= 0.6 is 11.8 Å². The molecule has 0 spiro atoms. The number of aromatic nitrogens is 1. The molecule has 0 unspecified atom stereocenters. The Labute approximate surface area is 127 Å². The first-order chi connectivity index (χ1) is 10.0. The standard InChI is InChI=1S/C15H16N2O3S/c1-10-7-8-11(2)16-15(10)20-9-12-13(17(18)19)5-4-6-14(12)21-3/h4-8H,9H2,1-3H3. The van der Waals surface area contributed by atoms with Crippen molar-refractivity contribution in [1.82, 2.24) is 4.98 Å². The first-order valence-electron chi connectivity index (χ1n) is 6.40. The average Bonchev–Trinajstić information content (AvgIpc) is 2.47. The third kappa shape index (κ3) is 3.52. The number of rotatable bonds is 5. The molecule has 6 heteroatoms. The van der Waals surface area contributed by atoms with Crippen LogP contribution < -0.4 is 4.74 Å². The van der Waals surface area contributed by atoms with Crippen molar-refractivity contribution in [2.24, 2.45) is 0 Å². The van der Waals surface area contributed by atoms with Gasteiger partial charge < -0.3 is 4.74 Å². The SMILES string of the molecule is CSc1cccc([N+](=O)[O-])c1COc1nc(C)ccc1C. The van der Waals surface area contributed by atoms with Crippen molar-refractivity contribution >= 4 is 17.4 Å². The minimum atomic E-state index is -0.380. The quantitative estimate of drug-likeness (QED) is 0.476. The summed E-state index contributed by atoms with van der Waals surface area (Å²) in [6, 6.07) is 8.86. The number of ether oxygens (including phenoxy) is 1. The van der Waals surface area contributed by atoms with E-state index in [2.05, 4.69) is 4.98 Å². The molecule has 1 heterocycles. The highest BCUT2D eigenvalue weighted by Gasteiger charge is 2.18. The van der Waals surface area contributed by atoms with E-state index in [0.717, 1.165) is 16.2 Å². The Balaban J connectivity index is 2.31. The van der Waals surface area contributed by atoms with Crippen molar-refractivity contribution in [2.45, 2.75) is 25.3 Å². The molecule has 0 saturated carbocycles. The molecule has 0 atom stereocenters. The van der Waals surface area contributed by atoms with E-state index in [1.54, 1.807) is 6.07 Å². The monoisotopic (exact) mass is 304 g/mol. The third-order valence-electron chi connectivity index (χ3n) is 3.07.